The topological polar surface area (TPSA) is 12.0 Å². The summed E-state index contributed by atoms with van der Waals surface area (Å²) in [6.07, 6.45) is 1.01. The molecule has 0 fully saturated rings. The highest BCUT2D eigenvalue weighted by molar-refractivity contribution is 14.1. The fraction of sp³-hybridized carbons (Fsp3) is 0.250. The van der Waals surface area contributed by atoms with Gasteiger partial charge in [-0.15, -0.1) is 0 Å². The van der Waals surface area contributed by atoms with Crippen molar-refractivity contribution in [1.29, 1.82) is 0 Å². The summed E-state index contributed by atoms with van der Waals surface area (Å²) in [5.74, 6) is 0. The molecule has 1 N–H and O–H groups in total. The van der Waals surface area contributed by atoms with Gasteiger partial charge in [-0.1, -0.05) is 40.2 Å². The Hall–Kier alpha value is -0.390. The highest BCUT2D eigenvalue weighted by Gasteiger charge is 2.14. The Balaban J connectivity index is 2.30. The number of hydrogen-bond acceptors (Lipinski definition) is 1. The minimum Gasteiger partial charge on any atom is -0.313 e. The van der Waals surface area contributed by atoms with Crippen LogP contribution >= 0.6 is 38.5 Å². The van der Waals surface area contributed by atoms with Crippen LogP contribution < -0.4 is 5.32 Å². The Kier molecular flexibility index (Phi) is 5.42. The van der Waals surface area contributed by atoms with Crippen LogP contribution in [0.15, 0.2) is 46.9 Å². The summed E-state index contributed by atoms with van der Waals surface area (Å²) in [6.45, 7) is 2.17. The summed E-state index contributed by atoms with van der Waals surface area (Å²) in [5, 5.41) is 3.44. The lowest BCUT2D eigenvalue weighted by molar-refractivity contribution is 0.588. The molecule has 0 radical (unpaired) electrons. The molecule has 1 atom stereocenters. The number of rotatable bonds is 4. The minimum absolute atomic E-state index is 0.338. The van der Waals surface area contributed by atoms with E-state index >= 15 is 0 Å². The maximum atomic E-state index is 3.56. The monoisotopic (exact) mass is 429 g/mol. The number of benzene rings is 2. The van der Waals surface area contributed by atoms with Crippen LogP contribution in [0, 0.1) is 10.5 Å². The van der Waals surface area contributed by atoms with E-state index in [9.17, 15) is 0 Å². The van der Waals surface area contributed by atoms with Crippen LogP contribution in [0.3, 0.4) is 0 Å². The van der Waals surface area contributed by atoms with Gasteiger partial charge in [0.15, 0.2) is 0 Å². The molecule has 3 heteroatoms. The van der Waals surface area contributed by atoms with Gasteiger partial charge in [0.1, 0.15) is 0 Å². The van der Waals surface area contributed by atoms with Gasteiger partial charge in [0.25, 0.3) is 0 Å². The fourth-order valence-electron chi connectivity index (χ4n) is 2.21. The third-order valence-corrected chi connectivity index (χ3v) is 4.84. The molecular weight excluding hydrogens is 413 g/mol. The van der Waals surface area contributed by atoms with E-state index in [1.165, 1.54) is 20.3 Å². The van der Waals surface area contributed by atoms with Crippen LogP contribution in [-0.4, -0.2) is 7.05 Å². The van der Waals surface area contributed by atoms with Crippen molar-refractivity contribution >= 4 is 38.5 Å². The van der Waals surface area contributed by atoms with Gasteiger partial charge in [-0.25, -0.2) is 0 Å². The molecule has 0 saturated heterocycles. The van der Waals surface area contributed by atoms with Crippen molar-refractivity contribution in [2.45, 2.75) is 19.4 Å². The molecule has 0 heterocycles. The fourth-order valence-corrected chi connectivity index (χ4v) is 3.30. The summed E-state index contributed by atoms with van der Waals surface area (Å²) in [7, 11) is 2.03. The van der Waals surface area contributed by atoms with Crippen molar-refractivity contribution in [3.63, 3.8) is 0 Å². The van der Waals surface area contributed by atoms with Crippen LogP contribution in [-0.2, 0) is 6.42 Å². The van der Waals surface area contributed by atoms with Crippen molar-refractivity contribution in [3.05, 3.63) is 67.2 Å². The molecule has 0 saturated carbocycles. The highest BCUT2D eigenvalue weighted by atomic mass is 127. The average molecular weight is 430 g/mol. The van der Waals surface area contributed by atoms with Crippen molar-refractivity contribution in [2.24, 2.45) is 0 Å². The van der Waals surface area contributed by atoms with Crippen molar-refractivity contribution < 1.29 is 0 Å². The van der Waals surface area contributed by atoms with E-state index in [0.29, 0.717) is 6.04 Å². The Morgan fingerprint density at radius 1 is 1.21 bits per heavy atom. The molecule has 0 spiro atoms. The zero-order valence-corrected chi connectivity index (χ0v) is 14.8. The lowest BCUT2D eigenvalue weighted by Crippen LogP contribution is -2.20. The molecule has 0 aliphatic carbocycles. The maximum Gasteiger partial charge on any atom is 0.0369 e. The Morgan fingerprint density at radius 2 is 1.95 bits per heavy atom. The Bertz CT molecular complexity index is 568. The molecule has 19 heavy (non-hydrogen) atoms. The van der Waals surface area contributed by atoms with Crippen LogP contribution in [0.2, 0.25) is 0 Å². The number of hydrogen-bond donors (Lipinski definition) is 1. The first-order valence-corrected chi connectivity index (χ1v) is 8.15. The SMILES string of the molecule is CNC(Cc1ccccc1C)c1cc(Br)ccc1I. The quantitative estimate of drug-likeness (QED) is 0.684. The number of halogens is 2. The van der Waals surface area contributed by atoms with Gasteiger partial charge < -0.3 is 5.32 Å². The second kappa shape index (κ2) is 6.86. The van der Waals surface area contributed by atoms with Crippen molar-refractivity contribution in [3.8, 4) is 0 Å². The van der Waals surface area contributed by atoms with Crippen molar-refractivity contribution in [2.75, 3.05) is 7.05 Å². The third kappa shape index (κ3) is 3.80. The first-order valence-electron chi connectivity index (χ1n) is 6.28. The number of aryl methyl sites for hydroxylation is 1. The lowest BCUT2D eigenvalue weighted by Gasteiger charge is -2.19. The van der Waals surface area contributed by atoms with E-state index in [4.69, 9.17) is 0 Å². The van der Waals surface area contributed by atoms with Gasteiger partial charge in [-0.3, -0.25) is 0 Å². The first kappa shape index (κ1) is 15.0. The first-order chi connectivity index (χ1) is 9.11. The maximum absolute atomic E-state index is 3.56. The van der Waals surface area contributed by atoms with Crippen LogP contribution in [0.5, 0.6) is 0 Å². The predicted molar refractivity (Wildman–Crippen MR) is 93.5 cm³/mol. The van der Waals surface area contributed by atoms with E-state index in [0.717, 1.165) is 10.9 Å². The van der Waals surface area contributed by atoms with Crippen LogP contribution in [0.1, 0.15) is 22.7 Å². The molecule has 0 aliphatic rings. The molecule has 0 bridgehead atoms. The Morgan fingerprint density at radius 3 is 2.63 bits per heavy atom. The summed E-state index contributed by atoms with van der Waals surface area (Å²) >= 11 is 5.97. The highest BCUT2D eigenvalue weighted by Crippen LogP contribution is 2.27. The molecule has 1 nitrogen and oxygen atoms in total. The van der Waals surface area contributed by atoms with Gasteiger partial charge >= 0.3 is 0 Å². The normalized spacial score (nSPS) is 12.4. The zero-order valence-electron chi connectivity index (χ0n) is 11.1. The molecular formula is C16H17BrIN. The van der Waals surface area contributed by atoms with Crippen LogP contribution in [0.4, 0.5) is 0 Å². The van der Waals surface area contributed by atoms with E-state index < -0.39 is 0 Å². The summed E-state index contributed by atoms with van der Waals surface area (Å²) in [5.41, 5.74) is 4.10. The van der Waals surface area contributed by atoms with Gasteiger partial charge in [0.05, 0.1) is 0 Å². The van der Waals surface area contributed by atoms with E-state index in [-0.39, 0.29) is 0 Å². The molecule has 0 amide bonds. The molecule has 1 unspecified atom stereocenters. The zero-order chi connectivity index (χ0) is 13.8. The standard InChI is InChI=1S/C16H17BrIN/c1-11-5-3-4-6-12(11)9-16(19-2)14-10-13(17)7-8-15(14)18/h3-8,10,16,19H,9H2,1-2H3. The smallest absolute Gasteiger partial charge is 0.0369 e. The van der Waals surface area contributed by atoms with Gasteiger partial charge in [-0.2, -0.15) is 0 Å². The van der Waals surface area contributed by atoms with Gasteiger partial charge in [0.2, 0.25) is 0 Å². The lowest BCUT2D eigenvalue weighted by atomic mass is 9.96. The average Bonchev–Trinajstić information content (AvgIpc) is 2.41. The summed E-state index contributed by atoms with van der Waals surface area (Å²) < 4.78 is 2.43. The predicted octanol–water partition coefficient (Wildman–Crippen LogP) is 4.87. The second-order valence-electron chi connectivity index (χ2n) is 4.64. The van der Waals surface area contributed by atoms with E-state index in [1.54, 1.807) is 0 Å². The summed E-state index contributed by atoms with van der Waals surface area (Å²) in [4.78, 5) is 0. The van der Waals surface area contributed by atoms with Gasteiger partial charge in [0, 0.05) is 14.1 Å². The number of nitrogens with one attached hydrogen (secondary N) is 1. The molecule has 2 aromatic carbocycles. The molecule has 0 aromatic heterocycles. The van der Waals surface area contributed by atoms with E-state index in [1.807, 2.05) is 7.05 Å². The second-order valence-corrected chi connectivity index (χ2v) is 6.72. The Labute approximate surface area is 137 Å². The van der Waals surface area contributed by atoms with Crippen molar-refractivity contribution in [1.82, 2.24) is 5.32 Å². The van der Waals surface area contributed by atoms with E-state index in [2.05, 4.69) is 93.2 Å². The van der Waals surface area contributed by atoms with Gasteiger partial charge in [-0.05, 0) is 77.9 Å². The molecule has 2 rings (SSSR count). The molecule has 100 valence electrons. The number of likely N-dealkylation sites (N-methyl/N-ethyl adjacent to an activating group) is 1. The molecule has 0 aliphatic heterocycles. The van der Waals surface area contributed by atoms with Crippen LogP contribution in [0.25, 0.3) is 0 Å². The third-order valence-electron chi connectivity index (χ3n) is 3.37. The largest absolute Gasteiger partial charge is 0.313 e. The summed E-state index contributed by atoms with van der Waals surface area (Å²) in [6, 6.07) is 15.4. The minimum atomic E-state index is 0.338. The molecule has 2 aromatic rings.